The summed E-state index contributed by atoms with van der Waals surface area (Å²) in [5, 5.41) is 0. The van der Waals surface area contributed by atoms with Gasteiger partial charge in [-0.05, 0) is 20.0 Å². The second kappa shape index (κ2) is 24.9. The van der Waals surface area contributed by atoms with E-state index in [1.165, 1.54) is 110 Å². The van der Waals surface area contributed by atoms with Gasteiger partial charge in [0.2, 0.25) is 0 Å². The first-order chi connectivity index (χ1) is 10.4. The molecular weight excluding hydrogens is 256 g/mol. The molecule has 0 spiro atoms. The SMILES string of the molecule is CCCCCCCCCCCCCCCCCCN.CN. The molecule has 0 aromatic carbocycles. The van der Waals surface area contributed by atoms with Crippen LogP contribution in [0.1, 0.15) is 110 Å². The van der Waals surface area contributed by atoms with Gasteiger partial charge in [-0.2, -0.15) is 0 Å². The monoisotopic (exact) mass is 300 g/mol. The Hall–Kier alpha value is -0.0800. The molecule has 0 bridgehead atoms. The van der Waals surface area contributed by atoms with Gasteiger partial charge in [-0.15, -0.1) is 0 Å². The maximum Gasteiger partial charge on any atom is -0.00773 e. The predicted octanol–water partition coefficient (Wildman–Crippen LogP) is 5.78. The van der Waals surface area contributed by atoms with Crippen molar-refractivity contribution in [2.75, 3.05) is 13.6 Å². The molecule has 2 heteroatoms. The molecular formula is C19H44N2. The van der Waals surface area contributed by atoms with Crippen LogP contribution in [0.4, 0.5) is 0 Å². The minimum absolute atomic E-state index is 0.873. The van der Waals surface area contributed by atoms with Crippen LogP contribution in [0.25, 0.3) is 0 Å². The quantitative estimate of drug-likeness (QED) is 0.355. The fraction of sp³-hybridized carbons (Fsp3) is 1.00. The summed E-state index contributed by atoms with van der Waals surface area (Å²) in [5.41, 5.74) is 9.98. The van der Waals surface area contributed by atoms with E-state index in [0.29, 0.717) is 0 Å². The van der Waals surface area contributed by atoms with Crippen molar-refractivity contribution >= 4 is 0 Å². The summed E-state index contributed by atoms with van der Waals surface area (Å²) in [7, 11) is 1.50. The Morgan fingerprint density at radius 1 is 0.429 bits per heavy atom. The Morgan fingerprint density at radius 2 is 0.667 bits per heavy atom. The maximum atomic E-state index is 5.48. The molecule has 0 atom stereocenters. The summed E-state index contributed by atoms with van der Waals surface area (Å²) in [6.07, 6.45) is 22.9. The molecule has 4 N–H and O–H groups in total. The summed E-state index contributed by atoms with van der Waals surface area (Å²) in [5.74, 6) is 0. The highest BCUT2D eigenvalue weighted by Gasteiger charge is 1.94. The van der Waals surface area contributed by atoms with Gasteiger partial charge in [-0.1, -0.05) is 103 Å². The van der Waals surface area contributed by atoms with Crippen molar-refractivity contribution in [3.63, 3.8) is 0 Å². The third-order valence-electron chi connectivity index (χ3n) is 4.06. The van der Waals surface area contributed by atoms with Gasteiger partial charge in [-0.3, -0.25) is 0 Å². The van der Waals surface area contributed by atoms with Gasteiger partial charge in [0.25, 0.3) is 0 Å². The molecule has 0 aliphatic carbocycles. The fourth-order valence-electron chi connectivity index (χ4n) is 2.69. The van der Waals surface area contributed by atoms with Crippen molar-refractivity contribution in [3.8, 4) is 0 Å². The highest BCUT2D eigenvalue weighted by molar-refractivity contribution is 4.49. The van der Waals surface area contributed by atoms with Crippen molar-refractivity contribution in [1.82, 2.24) is 0 Å². The van der Waals surface area contributed by atoms with Crippen LogP contribution in [0.2, 0.25) is 0 Å². The molecule has 0 saturated carbocycles. The van der Waals surface area contributed by atoms with E-state index in [4.69, 9.17) is 5.73 Å². The minimum Gasteiger partial charge on any atom is -0.333 e. The molecule has 130 valence electrons. The smallest absolute Gasteiger partial charge is 0.00773 e. The van der Waals surface area contributed by atoms with Crippen LogP contribution >= 0.6 is 0 Å². The standard InChI is InChI=1S/C18H39N.CH5N/c1-2-3-4-5-6-7-8-9-10-11-12-13-14-15-16-17-18-19;1-2/h2-19H2,1H3;2H2,1H3. The highest BCUT2D eigenvalue weighted by atomic mass is 14.5. The van der Waals surface area contributed by atoms with E-state index < -0.39 is 0 Å². The number of nitrogens with two attached hydrogens (primary N) is 2. The average Bonchev–Trinajstić information content (AvgIpc) is 2.53. The lowest BCUT2D eigenvalue weighted by Crippen LogP contribution is -1.97. The lowest BCUT2D eigenvalue weighted by Gasteiger charge is -2.03. The topological polar surface area (TPSA) is 52.0 Å². The predicted molar refractivity (Wildman–Crippen MR) is 98.7 cm³/mol. The molecule has 0 saturated heterocycles. The van der Waals surface area contributed by atoms with Crippen LogP contribution in [0.5, 0.6) is 0 Å². The second-order valence-corrected chi connectivity index (χ2v) is 6.09. The van der Waals surface area contributed by atoms with Crippen LogP contribution < -0.4 is 11.5 Å². The lowest BCUT2D eigenvalue weighted by molar-refractivity contribution is 0.530. The van der Waals surface area contributed by atoms with Gasteiger partial charge >= 0.3 is 0 Å². The molecule has 0 heterocycles. The summed E-state index contributed by atoms with van der Waals surface area (Å²) in [6.45, 7) is 3.16. The molecule has 0 rings (SSSR count). The van der Waals surface area contributed by atoms with Gasteiger partial charge < -0.3 is 11.5 Å². The first-order valence-corrected chi connectivity index (χ1v) is 9.69. The molecule has 2 nitrogen and oxygen atoms in total. The number of hydrogen-bond donors (Lipinski definition) is 2. The summed E-state index contributed by atoms with van der Waals surface area (Å²) < 4.78 is 0. The van der Waals surface area contributed by atoms with E-state index in [1.807, 2.05) is 0 Å². The van der Waals surface area contributed by atoms with E-state index in [0.717, 1.165) is 6.54 Å². The van der Waals surface area contributed by atoms with Gasteiger partial charge in [0.1, 0.15) is 0 Å². The maximum absolute atomic E-state index is 5.48. The number of rotatable bonds is 16. The van der Waals surface area contributed by atoms with E-state index in [9.17, 15) is 0 Å². The van der Waals surface area contributed by atoms with Crippen LogP contribution in [-0.4, -0.2) is 13.6 Å². The van der Waals surface area contributed by atoms with Crippen molar-refractivity contribution in [2.24, 2.45) is 11.5 Å². The van der Waals surface area contributed by atoms with E-state index >= 15 is 0 Å². The Balaban J connectivity index is 0. The zero-order chi connectivity index (χ0) is 16.0. The van der Waals surface area contributed by atoms with Crippen molar-refractivity contribution in [1.29, 1.82) is 0 Å². The van der Waals surface area contributed by atoms with Crippen LogP contribution in [0.15, 0.2) is 0 Å². The normalized spacial score (nSPS) is 10.3. The summed E-state index contributed by atoms with van der Waals surface area (Å²) in [4.78, 5) is 0. The Morgan fingerprint density at radius 3 is 0.905 bits per heavy atom. The van der Waals surface area contributed by atoms with E-state index in [-0.39, 0.29) is 0 Å². The highest BCUT2D eigenvalue weighted by Crippen LogP contribution is 2.13. The average molecular weight is 301 g/mol. The molecule has 0 aliphatic rings. The minimum atomic E-state index is 0.873. The van der Waals surface area contributed by atoms with Crippen LogP contribution in [0.3, 0.4) is 0 Å². The zero-order valence-electron chi connectivity index (χ0n) is 15.2. The Bertz CT molecular complexity index is 133. The molecule has 0 amide bonds. The fourth-order valence-corrected chi connectivity index (χ4v) is 2.69. The lowest BCUT2D eigenvalue weighted by atomic mass is 10.0. The van der Waals surface area contributed by atoms with E-state index in [1.54, 1.807) is 0 Å². The summed E-state index contributed by atoms with van der Waals surface area (Å²) >= 11 is 0. The van der Waals surface area contributed by atoms with Crippen LogP contribution in [-0.2, 0) is 0 Å². The zero-order valence-corrected chi connectivity index (χ0v) is 15.2. The molecule has 0 aromatic heterocycles. The molecule has 0 fully saturated rings. The van der Waals surface area contributed by atoms with Crippen molar-refractivity contribution in [3.05, 3.63) is 0 Å². The second-order valence-electron chi connectivity index (χ2n) is 6.09. The molecule has 0 aromatic rings. The third kappa shape index (κ3) is 25.2. The largest absolute Gasteiger partial charge is 0.333 e. The van der Waals surface area contributed by atoms with Gasteiger partial charge in [0.05, 0.1) is 0 Å². The van der Waals surface area contributed by atoms with Gasteiger partial charge in [0, 0.05) is 0 Å². The molecule has 0 radical (unpaired) electrons. The molecule has 21 heavy (non-hydrogen) atoms. The van der Waals surface area contributed by atoms with Crippen molar-refractivity contribution in [2.45, 2.75) is 110 Å². The first-order valence-electron chi connectivity index (χ1n) is 9.69. The molecule has 0 aliphatic heterocycles. The third-order valence-corrected chi connectivity index (χ3v) is 4.06. The molecule has 0 unspecified atom stereocenters. The van der Waals surface area contributed by atoms with Gasteiger partial charge in [-0.25, -0.2) is 0 Å². The van der Waals surface area contributed by atoms with Crippen molar-refractivity contribution < 1.29 is 0 Å². The van der Waals surface area contributed by atoms with Gasteiger partial charge in [0.15, 0.2) is 0 Å². The van der Waals surface area contributed by atoms with Crippen LogP contribution in [0, 0.1) is 0 Å². The van der Waals surface area contributed by atoms with E-state index in [2.05, 4.69) is 12.7 Å². The number of unbranched alkanes of at least 4 members (excludes halogenated alkanes) is 15. The summed E-state index contributed by atoms with van der Waals surface area (Å²) in [6, 6.07) is 0. The Labute approximate surface area is 135 Å². The number of hydrogen-bond acceptors (Lipinski definition) is 2. The Kier molecular flexibility index (Phi) is 27.5. The first kappa shape index (κ1) is 23.2.